The van der Waals surface area contributed by atoms with Gasteiger partial charge in [-0.25, -0.2) is 0 Å². The maximum Gasteiger partial charge on any atom is 0.198 e. The Labute approximate surface area is 68.8 Å². The quantitative estimate of drug-likeness (QED) is 0.355. The van der Waals surface area contributed by atoms with E-state index in [1.54, 1.807) is 0 Å². The van der Waals surface area contributed by atoms with Crippen molar-refractivity contribution in [3.8, 4) is 0 Å². The summed E-state index contributed by atoms with van der Waals surface area (Å²) < 4.78 is 5.57. The van der Waals surface area contributed by atoms with Gasteiger partial charge in [-0.05, 0) is 12.5 Å². The Morgan fingerprint density at radius 2 is 2.40 bits per heavy atom. The van der Waals surface area contributed by atoms with Crippen molar-refractivity contribution in [1.82, 2.24) is 0 Å². The number of halogens is 1. The molecule has 1 aliphatic rings. The number of hydrogen-bond acceptors (Lipinski definition) is 1. The van der Waals surface area contributed by atoms with Crippen molar-refractivity contribution in [2.45, 2.75) is 23.9 Å². The minimum atomic E-state index is -1.07. The molecule has 1 heterocycles. The highest BCUT2D eigenvalue weighted by Gasteiger charge is 2.22. The molecule has 58 valence electrons. The van der Waals surface area contributed by atoms with Gasteiger partial charge in [0.25, 0.3) is 0 Å². The van der Waals surface area contributed by atoms with Crippen molar-refractivity contribution < 1.29 is 4.43 Å². The maximum atomic E-state index is 5.96. The van der Waals surface area contributed by atoms with Crippen LogP contribution in [0.3, 0.4) is 0 Å². The third-order valence-corrected chi connectivity index (χ3v) is 5.44. The van der Waals surface area contributed by atoms with Crippen molar-refractivity contribution >= 4 is 20.6 Å². The van der Waals surface area contributed by atoms with E-state index in [1.807, 2.05) is 6.08 Å². The predicted octanol–water partition coefficient (Wildman–Crippen LogP) is 1.85. The lowest BCUT2D eigenvalue weighted by Gasteiger charge is -2.22. The molecule has 1 aliphatic heterocycles. The Hall–Kier alpha value is 0.207. The van der Waals surface area contributed by atoms with Crippen molar-refractivity contribution in [3.05, 3.63) is 12.7 Å². The van der Waals surface area contributed by atoms with E-state index in [4.69, 9.17) is 16.0 Å². The van der Waals surface area contributed by atoms with Crippen molar-refractivity contribution in [3.63, 3.8) is 0 Å². The number of allylic oxidation sites excluding steroid dienone is 1. The average molecular weight is 177 g/mol. The monoisotopic (exact) mass is 176 g/mol. The first-order valence-electron chi connectivity index (χ1n) is 3.73. The molecule has 0 saturated carbocycles. The first-order valence-corrected chi connectivity index (χ1v) is 6.12. The molecule has 0 radical (unpaired) electrons. The van der Waals surface area contributed by atoms with Gasteiger partial charge in [0.15, 0.2) is 9.04 Å². The molecule has 0 bridgehead atoms. The summed E-state index contributed by atoms with van der Waals surface area (Å²) in [6, 6.07) is 1.22. The highest BCUT2D eigenvalue weighted by molar-refractivity contribution is 6.65. The summed E-state index contributed by atoms with van der Waals surface area (Å²) in [5.74, 6) is 0. The van der Waals surface area contributed by atoms with Gasteiger partial charge in [-0.1, -0.05) is 12.5 Å². The van der Waals surface area contributed by atoms with Crippen LogP contribution in [0.2, 0.25) is 6.04 Å². The van der Waals surface area contributed by atoms with Crippen LogP contribution in [-0.2, 0) is 4.43 Å². The van der Waals surface area contributed by atoms with Gasteiger partial charge in [-0.3, -0.25) is 0 Å². The summed E-state index contributed by atoms with van der Waals surface area (Å²) >= 11 is 5.96. The highest BCUT2D eigenvalue weighted by Crippen LogP contribution is 2.17. The zero-order chi connectivity index (χ0) is 7.40. The van der Waals surface area contributed by atoms with Crippen LogP contribution in [0.5, 0.6) is 0 Å². The molecule has 10 heavy (non-hydrogen) atoms. The molecule has 2 unspecified atom stereocenters. The minimum Gasteiger partial charge on any atom is -0.418 e. The molecule has 0 spiro atoms. The van der Waals surface area contributed by atoms with E-state index >= 15 is 0 Å². The van der Waals surface area contributed by atoms with E-state index in [0.717, 1.165) is 6.61 Å². The van der Waals surface area contributed by atoms with Crippen LogP contribution in [0.1, 0.15) is 12.8 Å². The van der Waals surface area contributed by atoms with Gasteiger partial charge in [-0.15, -0.1) is 18.2 Å². The zero-order valence-corrected chi connectivity index (χ0v) is 7.96. The van der Waals surface area contributed by atoms with Gasteiger partial charge >= 0.3 is 0 Å². The van der Waals surface area contributed by atoms with Crippen LogP contribution in [0, 0.1) is 0 Å². The molecule has 3 heteroatoms. The van der Waals surface area contributed by atoms with Crippen LogP contribution in [0.15, 0.2) is 12.7 Å². The number of rotatable bonds is 2. The molecule has 2 atom stereocenters. The number of hydrogen-bond donors (Lipinski definition) is 0. The smallest absolute Gasteiger partial charge is 0.198 e. The average Bonchev–Trinajstić information content (AvgIpc) is 2.05. The summed E-state index contributed by atoms with van der Waals surface area (Å²) in [6.07, 6.45) is 4.32. The molecule has 0 aliphatic carbocycles. The molecule has 0 aromatic rings. The van der Waals surface area contributed by atoms with Crippen LogP contribution in [-0.4, -0.2) is 20.6 Å². The minimum absolute atomic E-state index is 0.139. The molecule has 1 rings (SSSR count). The van der Waals surface area contributed by atoms with E-state index in [0.29, 0.717) is 0 Å². The van der Waals surface area contributed by atoms with Gasteiger partial charge in [0, 0.05) is 6.61 Å². The Morgan fingerprint density at radius 1 is 1.60 bits per heavy atom. The maximum absolute atomic E-state index is 5.96. The Kier molecular flexibility index (Phi) is 3.46. The largest absolute Gasteiger partial charge is 0.418 e. The lowest BCUT2D eigenvalue weighted by Crippen LogP contribution is -2.31. The fourth-order valence-electron chi connectivity index (χ4n) is 1.17. The van der Waals surface area contributed by atoms with E-state index in [9.17, 15) is 0 Å². The van der Waals surface area contributed by atoms with E-state index in [-0.39, 0.29) is 5.00 Å². The second kappa shape index (κ2) is 4.16. The summed E-state index contributed by atoms with van der Waals surface area (Å²) in [7, 11) is -1.07. The first kappa shape index (κ1) is 8.30. The Morgan fingerprint density at radius 3 is 2.90 bits per heavy atom. The van der Waals surface area contributed by atoms with Crippen molar-refractivity contribution in [2.24, 2.45) is 0 Å². The van der Waals surface area contributed by atoms with Crippen LogP contribution >= 0.6 is 11.6 Å². The summed E-state index contributed by atoms with van der Waals surface area (Å²) in [4.78, 5) is 0. The van der Waals surface area contributed by atoms with Gasteiger partial charge in [0.1, 0.15) is 0 Å². The molecular formula is C7H13ClOSi. The summed E-state index contributed by atoms with van der Waals surface area (Å²) in [5, 5.41) is 0.139. The van der Waals surface area contributed by atoms with Crippen molar-refractivity contribution in [1.29, 1.82) is 0 Å². The van der Waals surface area contributed by atoms with Gasteiger partial charge < -0.3 is 4.43 Å². The first-order chi connectivity index (χ1) is 4.84. The topological polar surface area (TPSA) is 9.23 Å². The van der Waals surface area contributed by atoms with E-state index in [2.05, 4.69) is 6.58 Å². The van der Waals surface area contributed by atoms with Crippen LogP contribution < -0.4 is 0 Å². The van der Waals surface area contributed by atoms with Crippen LogP contribution in [0.4, 0.5) is 0 Å². The molecule has 0 aromatic carbocycles. The van der Waals surface area contributed by atoms with E-state index < -0.39 is 9.04 Å². The predicted molar refractivity (Wildman–Crippen MR) is 47.0 cm³/mol. The van der Waals surface area contributed by atoms with Gasteiger partial charge in [-0.2, -0.15) is 0 Å². The van der Waals surface area contributed by atoms with Gasteiger partial charge in [0.2, 0.25) is 0 Å². The van der Waals surface area contributed by atoms with Crippen molar-refractivity contribution in [2.75, 3.05) is 6.61 Å². The Bertz CT molecular complexity index is 112. The summed E-state index contributed by atoms with van der Waals surface area (Å²) in [6.45, 7) is 4.58. The SMILES string of the molecule is C=CC(Cl)[SiH]1CCCCO1. The molecule has 0 amide bonds. The molecule has 0 N–H and O–H groups in total. The second-order valence-electron chi connectivity index (χ2n) is 2.59. The third-order valence-electron chi connectivity index (χ3n) is 1.80. The van der Waals surface area contributed by atoms with Crippen LogP contribution in [0.25, 0.3) is 0 Å². The highest BCUT2D eigenvalue weighted by atomic mass is 35.5. The standard InChI is InChI=1S/C7H13ClOSi/c1-2-7(8)10-6-4-3-5-9-10/h2,7,10H,1,3-6H2. The van der Waals surface area contributed by atoms with Gasteiger partial charge in [0.05, 0.1) is 5.00 Å². The Balaban J connectivity index is 2.30. The molecule has 0 aromatic heterocycles. The third kappa shape index (κ3) is 2.11. The second-order valence-corrected chi connectivity index (χ2v) is 6.22. The lowest BCUT2D eigenvalue weighted by molar-refractivity contribution is 0.287. The lowest BCUT2D eigenvalue weighted by atomic mass is 10.4. The zero-order valence-electron chi connectivity index (χ0n) is 6.05. The number of alkyl halides is 1. The normalized spacial score (nSPS) is 29.5. The van der Waals surface area contributed by atoms with E-state index in [1.165, 1.54) is 18.9 Å². The molecular weight excluding hydrogens is 164 g/mol. The molecule has 1 nitrogen and oxygen atoms in total. The fraction of sp³-hybridized carbons (Fsp3) is 0.714. The molecule has 1 saturated heterocycles. The summed E-state index contributed by atoms with van der Waals surface area (Å²) in [5.41, 5.74) is 0. The molecule has 1 fully saturated rings. The fourth-order valence-corrected chi connectivity index (χ4v) is 3.90.